The highest BCUT2D eigenvalue weighted by atomic mass is 16.5. The lowest BCUT2D eigenvalue weighted by atomic mass is 10.1. The first kappa shape index (κ1) is 16.5. The van der Waals surface area contributed by atoms with E-state index >= 15 is 0 Å². The maximum atomic E-state index is 11.5. The summed E-state index contributed by atoms with van der Waals surface area (Å²) in [6.07, 6.45) is 8.30. The Morgan fingerprint density at radius 1 is 1.05 bits per heavy atom. The van der Waals surface area contributed by atoms with Crippen LogP contribution < -0.4 is 0 Å². The van der Waals surface area contributed by atoms with Crippen LogP contribution in [0.2, 0.25) is 0 Å². The summed E-state index contributed by atoms with van der Waals surface area (Å²) in [5.74, 6) is 0.160. The van der Waals surface area contributed by atoms with E-state index in [0.29, 0.717) is 19.4 Å². The van der Waals surface area contributed by atoms with Gasteiger partial charge >= 0.3 is 5.97 Å². The largest absolute Gasteiger partial charge is 0.508 e. The summed E-state index contributed by atoms with van der Waals surface area (Å²) in [6, 6.07) is 6.98. The van der Waals surface area contributed by atoms with Crippen LogP contribution in [-0.2, 0) is 16.0 Å². The fourth-order valence-corrected chi connectivity index (χ4v) is 2.07. The van der Waals surface area contributed by atoms with Crippen molar-refractivity contribution in [2.75, 3.05) is 6.61 Å². The monoisotopic (exact) mass is 278 g/mol. The molecule has 1 aromatic rings. The number of unbranched alkanes of at least 4 members (excludes halogenated alkanes) is 5. The van der Waals surface area contributed by atoms with Crippen LogP contribution >= 0.6 is 0 Å². The zero-order valence-corrected chi connectivity index (χ0v) is 12.4. The molecule has 1 aromatic carbocycles. The minimum atomic E-state index is -0.0979. The topological polar surface area (TPSA) is 46.5 Å². The lowest BCUT2D eigenvalue weighted by molar-refractivity contribution is -0.143. The van der Waals surface area contributed by atoms with E-state index in [0.717, 1.165) is 18.4 Å². The van der Waals surface area contributed by atoms with E-state index < -0.39 is 0 Å². The molecule has 0 spiro atoms. The molecule has 0 radical (unpaired) electrons. The van der Waals surface area contributed by atoms with E-state index in [-0.39, 0.29) is 11.7 Å². The molecule has 3 nitrogen and oxygen atoms in total. The summed E-state index contributed by atoms with van der Waals surface area (Å²) in [4.78, 5) is 11.5. The second kappa shape index (κ2) is 10.3. The van der Waals surface area contributed by atoms with Crippen molar-refractivity contribution in [3.63, 3.8) is 0 Å². The summed E-state index contributed by atoms with van der Waals surface area (Å²) >= 11 is 0. The van der Waals surface area contributed by atoms with Crippen LogP contribution in [0, 0.1) is 0 Å². The Morgan fingerprint density at radius 2 is 1.70 bits per heavy atom. The van der Waals surface area contributed by atoms with Crippen LogP contribution in [-0.4, -0.2) is 17.7 Å². The Labute approximate surface area is 122 Å². The van der Waals surface area contributed by atoms with E-state index in [1.54, 1.807) is 12.1 Å². The van der Waals surface area contributed by atoms with Crippen LogP contribution in [0.3, 0.4) is 0 Å². The van der Waals surface area contributed by atoms with Gasteiger partial charge < -0.3 is 9.84 Å². The van der Waals surface area contributed by atoms with Crippen molar-refractivity contribution in [2.24, 2.45) is 0 Å². The molecule has 0 aliphatic rings. The van der Waals surface area contributed by atoms with Crippen molar-refractivity contribution in [3.8, 4) is 5.75 Å². The zero-order chi connectivity index (χ0) is 14.6. The smallest absolute Gasteiger partial charge is 0.305 e. The molecule has 0 unspecified atom stereocenters. The minimum absolute atomic E-state index is 0.0979. The van der Waals surface area contributed by atoms with Crippen molar-refractivity contribution < 1.29 is 14.6 Å². The Kier molecular flexibility index (Phi) is 8.52. The van der Waals surface area contributed by atoms with E-state index in [2.05, 4.69) is 6.92 Å². The van der Waals surface area contributed by atoms with E-state index in [4.69, 9.17) is 9.84 Å². The highest BCUT2D eigenvalue weighted by molar-refractivity contribution is 5.69. The molecular weight excluding hydrogens is 252 g/mol. The maximum Gasteiger partial charge on any atom is 0.305 e. The van der Waals surface area contributed by atoms with Crippen molar-refractivity contribution >= 4 is 5.97 Å². The molecule has 3 heteroatoms. The SMILES string of the molecule is CCCCCCCCC(=O)OCCc1ccc(O)cc1. The number of phenols is 1. The number of esters is 1. The summed E-state index contributed by atoms with van der Waals surface area (Å²) in [5.41, 5.74) is 1.06. The van der Waals surface area contributed by atoms with Gasteiger partial charge in [-0.05, 0) is 24.1 Å². The van der Waals surface area contributed by atoms with Crippen molar-refractivity contribution in [1.82, 2.24) is 0 Å². The summed E-state index contributed by atoms with van der Waals surface area (Å²) in [7, 11) is 0. The Bertz CT molecular complexity index is 370. The molecule has 0 bridgehead atoms. The number of aromatic hydroxyl groups is 1. The van der Waals surface area contributed by atoms with Crippen molar-refractivity contribution in [3.05, 3.63) is 29.8 Å². The molecule has 0 saturated heterocycles. The summed E-state index contributed by atoms with van der Waals surface area (Å²) in [5, 5.41) is 9.16. The van der Waals surface area contributed by atoms with Gasteiger partial charge in [0.15, 0.2) is 0 Å². The van der Waals surface area contributed by atoms with Gasteiger partial charge in [-0.15, -0.1) is 0 Å². The van der Waals surface area contributed by atoms with E-state index in [1.165, 1.54) is 25.7 Å². The lowest BCUT2D eigenvalue weighted by Gasteiger charge is -2.05. The molecule has 0 saturated carbocycles. The fraction of sp³-hybridized carbons (Fsp3) is 0.588. The maximum absolute atomic E-state index is 11.5. The number of ether oxygens (including phenoxy) is 1. The van der Waals surface area contributed by atoms with Crippen LogP contribution in [0.1, 0.15) is 57.4 Å². The highest BCUT2D eigenvalue weighted by Crippen LogP contribution is 2.10. The van der Waals surface area contributed by atoms with Gasteiger partial charge in [-0.3, -0.25) is 4.79 Å². The third-order valence-electron chi connectivity index (χ3n) is 3.32. The first-order valence-electron chi connectivity index (χ1n) is 7.66. The van der Waals surface area contributed by atoms with E-state index in [9.17, 15) is 4.79 Å². The molecule has 0 aliphatic carbocycles. The number of benzene rings is 1. The first-order valence-corrected chi connectivity index (χ1v) is 7.66. The number of rotatable bonds is 10. The van der Waals surface area contributed by atoms with E-state index in [1.807, 2.05) is 12.1 Å². The van der Waals surface area contributed by atoms with Crippen molar-refractivity contribution in [1.29, 1.82) is 0 Å². The van der Waals surface area contributed by atoms with Gasteiger partial charge in [0.1, 0.15) is 5.75 Å². The lowest BCUT2D eigenvalue weighted by Crippen LogP contribution is -2.07. The third kappa shape index (κ3) is 7.82. The quantitative estimate of drug-likeness (QED) is 0.514. The number of carbonyl (C=O) groups is 1. The molecule has 1 rings (SSSR count). The highest BCUT2D eigenvalue weighted by Gasteiger charge is 2.03. The van der Waals surface area contributed by atoms with Crippen LogP contribution in [0.4, 0.5) is 0 Å². The minimum Gasteiger partial charge on any atom is -0.508 e. The second-order valence-corrected chi connectivity index (χ2v) is 5.15. The van der Waals surface area contributed by atoms with Crippen LogP contribution in [0.25, 0.3) is 0 Å². The Balaban J connectivity index is 2.01. The van der Waals surface area contributed by atoms with Gasteiger partial charge in [-0.25, -0.2) is 0 Å². The fourth-order valence-electron chi connectivity index (χ4n) is 2.07. The number of hydrogen-bond donors (Lipinski definition) is 1. The normalized spacial score (nSPS) is 10.4. The number of phenolic OH excluding ortho intramolecular Hbond substituents is 1. The summed E-state index contributed by atoms with van der Waals surface area (Å²) in [6.45, 7) is 2.62. The zero-order valence-electron chi connectivity index (χ0n) is 12.4. The molecule has 0 amide bonds. The predicted molar refractivity (Wildman–Crippen MR) is 80.8 cm³/mol. The van der Waals surface area contributed by atoms with Gasteiger partial charge in [0.25, 0.3) is 0 Å². The molecule has 0 aromatic heterocycles. The second-order valence-electron chi connectivity index (χ2n) is 5.15. The molecule has 0 heterocycles. The van der Waals surface area contributed by atoms with Gasteiger partial charge in [0, 0.05) is 12.8 Å². The van der Waals surface area contributed by atoms with Crippen LogP contribution in [0.15, 0.2) is 24.3 Å². The summed E-state index contributed by atoms with van der Waals surface area (Å²) < 4.78 is 5.20. The third-order valence-corrected chi connectivity index (χ3v) is 3.32. The van der Waals surface area contributed by atoms with Gasteiger partial charge in [-0.1, -0.05) is 51.2 Å². The predicted octanol–water partition coefficient (Wildman–Crippen LogP) is 4.23. The molecule has 0 fully saturated rings. The molecular formula is C17H26O3. The average molecular weight is 278 g/mol. The van der Waals surface area contributed by atoms with Crippen molar-refractivity contribution in [2.45, 2.75) is 58.3 Å². The number of hydrogen-bond acceptors (Lipinski definition) is 3. The molecule has 1 N–H and O–H groups in total. The first-order chi connectivity index (χ1) is 9.72. The number of carbonyl (C=O) groups excluding carboxylic acids is 1. The van der Waals surface area contributed by atoms with Gasteiger partial charge in [0.05, 0.1) is 6.61 Å². The Morgan fingerprint density at radius 3 is 2.40 bits per heavy atom. The standard InChI is InChI=1S/C17H26O3/c1-2-3-4-5-6-7-8-17(19)20-14-13-15-9-11-16(18)12-10-15/h9-12,18H,2-8,13-14H2,1H3. The molecule has 112 valence electrons. The molecule has 0 atom stereocenters. The molecule has 20 heavy (non-hydrogen) atoms. The van der Waals surface area contributed by atoms with Crippen LogP contribution in [0.5, 0.6) is 5.75 Å². The van der Waals surface area contributed by atoms with Gasteiger partial charge in [0.2, 0.25) is 0 Å². The average Bonchev–Trinajstić information content (AvgIpc) is 2.45. The van der Waals surface area contributed by atoms with Gasteiger partial charge in [-0.2, -0.15) is 0 Å². The molecule has 0 aliphatic heterocycles. The Hall–Kier alpha value is -1.51.